The highest BCUT2D eigenvalue weighted by molar-refractivity contribution is 14.1. The van der Waals surface area contributed by atoms with E-state index in [2.05, 4.69) is 40.0 Å². The molecule has 1 N–H and O–H groups in total. The van der Waals surface area contributed by atoms with Crippen LogP contribution in [0.2, 0.25) is 0 Å². The number of hydrogen-bond donors (Lipinski definition) is 1. The van der Waals surface area contributed by atoms with E-state index in [4.69, 9.17) is 4.74 Å². The van der Waals surface area contributed by atoms with Crippen molar-refractivity contribution in [2.45, 2.75) is 39.2 Å². The van der Waals surface area contributed by atoms with E-state index in [1.165, 1.54) is 3.57 Å². The number of hydrogen-bond acceptors (Lipinski definition) is 3. The molecule has 1 aromatic rings. The quantitative estimate of drug-likeness (QED) is 0.745. The molecule has 0 bridgehead atoms. The van der Waals surface area contributed by atoms with Gasteiger partial charge in [-0.1, -0.05) is 12.1 Å². The second kappa shape index (κ2) is 7.53. The van der Waals surface area contributed by atoms with Gasteiger partial charge in [-0.2, -0.15) is 0 Å². The summed E-state index contributed by atoms with van der Waals surface area (Å²) in [6, 6.07) is 8.27. The number of piperidine rings is 1. The average Bonchev–Trinajstić information content (AvgIpc) is 2.45. The van der Waals surface area contributed by atoms with Crippen LogP contribution in [-0.4, -0.2) is 36.2 Å². The lowest BCUT2D eigenvalue weighted by molar-refractivity contribution is 0.0172. The number of benzene rings is 1. The molecule has 1 aliphatic heterocycles. The first kappa shape index (κ1) is 17.4. The summed E-state index contributed by atoms with van der Waals surface area (Å²) in [5.74, 6) is 0.470. The Morgan fingerprint density at radius 2 is 2.14 bits per heavy atom. The maximum absolute atomic E-state index is 12.2. The molecule has 0 spiro atoms. The molecule has 0 aliphatic carbocycles. The van der Waals surface area contributed by atoms with E-state index in [1.54, 1.807) is 0 Å². The number of para-hydroxylation sites is 1. The lowest BCUT2D eigenvalue weighted by atomic mass is 9.98. The third kappa shape index (κ3) is 5.34. The van der Waals surface area contributed by atoms with Crippen LogP contribution < -0.4 is 5.32 Å². The third-order valence-corrected chi connectivity index (χ3v) is 4.57. The minimum atomic E-state index is -0.428. The van der Waals surface area contributed by atoms with Gasteiger partial charge in [0.25, 0.3) is 0 Å². The summed E-state index contributed by atoms with van der Waals surface area (Å²) in [7, 11) is 0. The summed E-state index contributed by atoms with van der Waals surface area (Å²) in [6.45, 7) is 8.18. The summed E-state index contributed by atoms with van der Waals surface area (Å²) in [4.78, 5) is 14.0. The number of ether oxygens (including phenoxy) is 1. The number of halogens is 1. The average molecular weight is 416 g/mol. The summed E-state index contributed by atoms with van der Waals surface area (Å²) in [6.07, 6.45) is 2.00. The first-order valence-electron chi connectivity index (χ1n) is 7.81. The molecule has 122 valence electrons. The topological polar surface area (TPSA) is 41.6 Å². The number of carbonyl (C=O) groups is 1. The highest BCUT2D eigenvalue weighted by atomic mass is 127. The van der Waals surface area contributed by atoms with Crippen molar-refractivity contribution < 1.29 is 9.53 Å². The summed E-state index contributed by atoms with van der Waals surface area (Å²) >= 11 is 2.34. The van der Waals surface area contributed by atoms with E-state index in [9.17, 15) is 4.79 Å². The van der Waals surface area contributed by atoms with Gasteiger partial charge in [-0.15, -0.1) is 0 Å². The number of nitrogens with zero attached hydrogens (tertiary/aromatic N) is 1. The Morgan fingerprint density at radius 3 is 2.82 bits per heavy atom. The molecular formula is C17H25IN2O2. The molecule has 22 heavy (non-hydrogen) atoms. The van der Waals surface area contributed by atoms with Gasteiger partial charge in [0.15, 0.2) is 0 Å². The largest absolute Gasteiger partial charge is 0.444 e. The smallest absolute Gasteiger partial charge is 0.410 e. The molecule has 1 heterocycles. The molecule has 1 amide bonds. The minimum Gasteiger partial charge on any atom is -0.444 e. The first-order chi connectivity index (χ1) is 10.3. The van der Waals surface area contributed by atoms with Crippen LogP contribution in [0.4, 0.5) is 10.5 Å². The minimum absolute atomic E-state index is 0.188. The summed E-state index contributed by atoms with van der Waals surface area (Å²) in [5, 5.41) is 3.50. The van der Waals surface area contributed by atoms with Crippen LogP contribution in [0.15, 0.2) is 24.3 Å². The fourth-order valence-corrected chi connectivity index (χ4v) is 3.16. The molecule has 1 atom stereocenters. The normalized spacial score (nSPS) is 18.9. The Kier molecular flexibility index (Phi) is 5.94. The SMILES string of the molecule is CC(C)(C)OC(=O)N1CCCC(CNc2ccccc2I)C1. The number of rotatable bonds is 3. The highest BCUT2D eigenvalue weighted by Gasteiger charge is 2.27. The Labute approximate surface area is 146 Å². The lowest BCUT2D eigenvalue weighted by Crippen LogP contribution is -2.44. The van der Waals surface area contributed by atoms with E-state index in [1.807, 2.05) is 37.8 Å². The van der Waals surface area contributed by atoms with Crippen molar-refractivity contribution in [2.24, 2.45) is 5.92 Å². The summed E-state index contributed by atoms with van der Waals surface area (Å²) in [5.41, 5.74) is 0.736. The predicted octanol–water partition coefficient (Wildman–Crippen LogP) is 4.35. The predicted molar refractivity (Wildman–Crippen MR) is 98.2 cm³/mol. The molecule has 1 saturated heterocycles. The molecule has 0 saturated carbocycles. The maximum atomic E-state index is 12.2. The van der Waals surface area contributed by atoms with Gasteiger partial charge in [0.2, 0.25) is 0 Å². The van der Waals surface area contributed by atoms with Crippen LogP contribution in [0, 0.1) is 9.49 Å². The number of nitrogens with one attached hydrogen (secondary N) is 1. The second-order valence-corrected chi connectivity index (χ2v) is 7.96. The molecular weight excluding hydrogens is 391 g/mol. The van der Waals surface area contributed by atoms with Crippen molar-refractivity contribution in [3.63, 3.8) is 0 Å². The molecule has 4 nitrogen and oxygen atoms in total. The van der Waals surface area contributed by atoms with Gasteiger partial charge in [0, 0.05) is 28.9 Å². The van der Waals surface area contributed by atoms with Crippen LogP contribution >= 0.6 is 22.6 Å². The molecule has 0 radical (unpaired) electrons. The van der Waals surface area contributed by atoms with E-state index >= 15 is 0 Å². The fourth-order valence-electron chi connectivity index (χ4n) is 2.58. The van der Waals surface area contributed by atoms with Gasteiger partial charge >= 0.3 is 6.09 Å². The van der Waals surface area contributed by atoms with Crippen LogP contribution in [-0.2, 0) is 4.74 Å². The van der Waals surface area contributed by atoms with Crippen molar-refractivity contribution in [3.05, 3.63) is 27.8 Å². The zero-order valence-corrected chi connectivity index (χ0v) is 15.7. The molecule has 5 heteroatoms. The highest BCUT2D eigenvalue weighted by Crippen LogP contribution is 2.22. The van der Waals surface area contributed by atoms with Crippen molar-refractivity contribution >= 4 is 34.4 Å². The molecule has 0 aromatic heterocycles. The molecule has 2 rings (SSSR count). The number of amides is 1. The van der Waals surface area contributed by atoms with Crippen LogP contribution in [0.1, 0.15) is 33.6 Å². The third-order valence-electron chi connectivity index (χ3n) is 3.63. The number of carbonyl (C=O) groups excluding carboxylic acids is 1. The van der Waals surface area contributed by atoms with Crippen LogP contribution in [0.3, 0.4) is 0 Å². The van der Waals surface area contributed by atoms with E-state index in [-0.39, 0.29) is 6.09 Å². The van der Waals surface area contributed by atoms with Crippen molar-refractivity contribution in [1.82, 2.24) is 4.90 Å². The van der Waals surface area contributed by atoms with Crippen molar-refractivity contribution in [3.8, 4) is 0 Å². The Bertz CT molecular complexity index is 514. The first-order valence-corrected chi connectivity index (χ1v) is 8.89. The zero-order valence-electron chi connectivity index (χ0n) is 13.6. The van der Waals surface area contributed by atoms with E-state index in [0.717, 1.165) is 38.2 Å². The number of likely N-dealkylation sites (tertiary alicyclic amines) is 1. The molecule has 1 fully saturated rings. The van der Waals surface area contributed by atoms with Crippen molar-refractivity contribution in [2.75, 3.05) is 25.0 Å². The van der Waals surface area contributed by atoms with Gasteiger partial charge in [0.1, 0.15) is 5.60 Å². The van der Waals surface area contributed by atoms with Gasteiger partial charge in [-0.05, 0) is 74.3 Å². The molecule has 1 unspecified atom stereocenters. The van der Waals surface area contributed by atoms with E-state index in [0.29, 0.717) is 5.92 Å². The molecule has 1 aliphatic rings. The van der Waals surface area contributed by atoms with E-state index < -0.39 is 5.60 Å². The Hall–Kier alpha value is -0.980. The van der Waals surface area contributed by atoms with Crippen LogP contribution in [0.5, 0.6) is 0 Å². The van der Waals surface area contributed by atoms with Crippen LogP contribution in [0.25, 0.3) is 0 Å². The van der Waals surface area contributed by atoms with Gasteiger partial charge in [-0.25, -0.2) is 4.79 Å². The Morgan fingerprint density at radius 1 is 1.41 bits per heavy atom. The van der Waals surface area contributed by atoms with Crippen molar-refractivity contribution in [1.29, 1.82) is 0 Å². The summed E-state index contributed by atoms with van der Waals surface area (Å²) < 4.78 is 6.69. The van der Waals surface area contributed by atoms with Gasteiger partial charge in [-0.3, -0.25) is 0 Å². The lowest BCUT2D eigenvalue weighted by Gasteiger charge is -2.34. The number of anilines is 1. The Balaban J connectivity index is 1.86. The van der Waals surface area contributed by atoms with Gasteiger partial charge < -0.3 is 15.0 Å². The maximum Gasteiger partial charge on any atom is 0.410 e. The standard InChI is InChI=1S/C17H25IN2O2/c1-17(2,3)22-16(21)20-10-6-7-13(12-20)11-19-15-9-5-4-8-14(15)18/h4-5,8-9,13,19H,6-7,10-12H2,1-3H3. The monoisotopic (exact) mass is 416 g/mol. The zero-order chi connectivity index (χ0) is 16.2. The second-order valence-electron chi connectivity index (χ2n) is 6.80. The molecule has 1 aromatic carbocycles. The fraction of sp³-hybridized carbons (Fsp3) is 0.588. The van der Waals surface area contributed by atoms with Gasteiger partial charge in [0.05, 0.1) is 0 Å².